The Morgan fingerprint density at radius 3 is 2.61 bits per heavy atom. The summed E-state index contributed by atoms with van der Waals surface area (Å²) in [6.45, 7) is 2.52. The van der Waals surface area contributed by atoms with Crippen molar-refractivity contribution in [2.24, 2.45) is 5.92 Å². The zero-order valence-electron chi connectivity index (χ0n) is 15.9. The first kappa shape index (κ1) is 18.8. The third-order valence-electron chi connectivity index (χ3n) is 5.47. The van der Waals surface area contributed by atoms with Crippen molar-refractivity contribution >= 4 is 0 Å². The highest BCUT2D eigenvalue weighted by Crippen LogP contribution is 2.24. The van der Waals surface area contributed by atoms with Crippen molar-refractivity contribution in [3.8, 4) is 11.5 Å². The molecule has 2 aromatic heterocycles. The maximum absolute atomic E-state index is 10.6. The van der Waals surface area contributed by atoms with Gasteiger partial charge >= 0.3 is 0 Å². The first-order chi connectivity index (χ1) is 13.8. The van der Waals surface area contributed by atoms with Crippen molar-refractivity contribution in [3.63, 3.8) is 0 Å². The Bertz CT molecular complexity index is 845. The zero-order valence-corrected chi connectivity index (χ0v) is 15.9. The van der Waals surface area contributed by atoms with Crippen molar-refractivity contribution < 1.29 is 9.63 Å². The van der Waals surface area contributed by atoms with Crippen molar-refractivity contribution in [1.29, 1.82) is 0 Å². The van der Waals surface area contributed by atoms with Gasteiger partial charge in [-0.25, -0.2) is 0 Å². The smallest absolute Gasteiger partial charge is 0.241 e. The average Bonchev–Trinajstić information content (AvgIpc) is 3.22. The van der Waals surface area contributed by atoms with Gasteiger partial charge < -0.3 is 9.63 Å². The lowest BCUT2D eigenvalue weighted by Gasteiger charge is -2.33. The Morgan fingerprint density at radius 1 is 1.07 bits per heavy atom. The van der Waals surface area contributed by atoms with Gasteiger partial charge in [-0.1, -0.05) is 41.6 Å². The molecule has 1 aliphatic rings. The van der Waals surface area contributed by atoms with Gasteiger partial charge in [0.05, 0.1) is 12.6 Å². The molecule has 28 heavy (non-hydrogen) atoms. The summed E-state index contributed by atoms with van der Waals surface area (Å²) in [6, 6.07) is 16.0. The fraction of sp³-hybridized carbons (Fsp3) is 0.409. The van der Waals surface area contributed by atoms with Gasteiger partial charge in [-0.3, -0.25) is 9.88 Å². The number of nitrogens with zero attached hydrogens (tertiary/aromatic N) is 4. The van der Waals surface area contributed by atoms with E-state index in [1.54, 1.807) is 6.20 Å². The summed E-state index contributed by atoms with van der Waals surface area (Å²) in [4.78, 5) is 11.0. The number of aliphatic hydroxyl groups is 1. The van der Waals surface area contributed by atoms with Gasteiger partial charge in [-0.2, -0.15) is 4.98 Å². The molecule has 0 bridgehead atoms. The lowest BCUT2D eigenvalue weighted by Crippen LogP contribution is -2.37. The number of aliphatic hydroxyl groups excluding tert-OH is 1. The predicted molar refractivity (Wildman–Crippen MR) is 106 cm³/mol. The van der Waals surface area contributed by atoms with Gasteiger partial charge in [0.1, 0.15) is 5.69 Å². The van der Waals surface area contributed by atoms with E-state index in [1.165, 1.54) is 5.56 Å². The van der Waals surface area contributed by atoms with Crippen LogP contribution in [0.5, 0.6) is 0 Å². The van der Waals surface area contributed by atoms with Crippen molar-refractivity contribution in [1.82, 2.24) is 20.0 Å². The number of aryl methyl sites for hydroxylation is 1. The fourth-order valence-corrected chi connectivity index (χ4v) is 3.80. The van der Waals surface area contributed by atoms with Gasteiger partial charge in [0.15, 0.2) is 0 Å². The number of piperidine rings is 1. The van der Waals surface area contributed by atoms with Crippen LogP contribution in [0.2, 0.25) is 0 Å². The maximum atomic E-state index is 10.6. The van der Waals surface area contributed by atoms with Crippen LogP contribution >= 0.6 is 0 Å². The molecule has 4 rings (SSSR count). The highest BCUT2D eigenvalue weighted by Gasteiger charge is 2.26. The molecule has 3 heterocycles. The van der Waals surface area contributed by atoms with Crippen LogP contribution in [0.1, 0.15) is 30.7 Å². The average molecular weight is 378 g/mol. The summed E-state index contributed by atoms with van der Waals surface area (Å²) in [7, 11) is 0. The second kappa shape index (κ2) is 9.08. The number of hydrogen-bond acceptors (Lipinski definition) is 6. The summed E-state index contributed by atoms with van der Waals surface area (Å²) < 4.78 is 5.39. The molecule has 0 saturated carbocycles. The maximum Gasteiger partial charge on any atom is 0.241 e. The van der Waals surface area contributed by atoms with Gasteiger partial charge in [0.25, 0.3) is 0 Å². The van der Waals surface area contributed by atoms with Crippen LogP contribution in [-0.4, -0.2) is 44.3 Å². The number of benzene rings is 1. The van der Waals surface area contributed by atoms with Crippen molar-refractivity contribution in [3.05, 3.63) is 66.2 Å². The Morgan fingerprint density at radius 2 is 1.86 bits per heavy atom. The number of aromatic nitrogens is 3. The summed E-state index contributed by atoms with van der Waals surface area (Å²) >= 11 is 0. The first-order valence-electron chi connectivity index (χ1n) is 9.96. The Labute approximate surface area is 165 Å². The molecule has 0 unspecified atom stereocenters. The summed E-state index contributed by atoms with van der Waals surface area (Å²) in [6.07, 6.45) is 5.24. The van der Waals surface area contributed by atoms with Crippen LogP contribution in [0.4, 0.5) is 0 Å². The normalized spacial score (nSPS) is 16.9. The van der Waals surface area contributed by atoms with E-state index in [0.717, 1.165) is 44.5 Å². The van der Waals surface area contributed by atoms with Crippen LogP contribution in [0, 0.1) is 5.92 Å². The quantitative estimate of drug-likeness (QED) is 0.680. The van der Waals surface area contributed by atoms with Crippen molar-refractivity contribution in [2.45, 2.75) is 38.3 Å². The molecule has 3 aromatic rings. The minimum absolute atomic E-state index is 0.235. The van der Waals surface area contributed by atoms with Gasteiger partial charge in [0, 0.05) is 6.20 Å². The van der Waals surface area contributed by atoms with Crippen LogP contribution in [-0.2, 0) is 13.0 Å². The number of likely N-dealkylation sites (tertiary alicyclic amines) is 1. The molecule has 146 valence electrons. The molecule has 6 nitrogen and oxygen atoms in total. The van der Waals surface area contributed by atoms with Gasteiger partial charge in [0.2, 0.25) is 11.7 Å². The molecule has 1 N–H and O–H groups in total. The summed E-state index contributed by atoms with van der Waals surface area (Å²) in [5.41, 5.74) is 2.01. The second-order valence-corrected chi connectivity index (χ2v) is 7.43. The first-order valence-corrected chi connectivity index (χ1v) is 9.96. The van der Waals surface area contributed by atoms with E-state index in [4.69, 9.17) is 4.52 Å². The Kier molecular flexibility index (Phi) is 6.09. The summed E-state index contributed by atoms with van der Waals surface area (Å²) in [5, 5.41) is 14.6. The van der Waals surface area contributed by atoms with E-state index in [0.29, 0.717) is 24.2 Å². The van der Waals surface area contributed by atoms with Gasteiger partial charge in [-0.15, -0.1) is 0 Å². The third-order valence-corrected chi connectivity index (χ3v) is 5.47. The topological polar surface area (TPSA) is 75.3 Å². The van der Waals surface area contributed by atoms with Gasteiger partial charge in [-0.05, 0) is 62.4 Å². The highest BCUT2D eigenvalue weighted by molar-refractivity contribution is 5.46. The molecule has 1 fully saturated rings. The lowest BCUT2D eigenvalue weighted by molar-refractivity contribution is 0.0492. The fourth-order valence-electron chi connectivity index (χ4n) is 3.80. The molecule has 0 amide bonds. The molecule has 1 aliphatic heterocycles. The largest absolute Gasteiger partial charge is 0.393 e. The Hall–Kier alpha value is -2.57. The third kappa shape index (κ3) is 4.82. The van der Waals surface area contributed by atoms with Crippen LogP contribution < -0.4 is 0 Å². The molecule has 0 spiro atoms. The molecule has 0 radical (unpaired) electrons. The zero-order chi connectivity index (χ0) is 19.2. The lowest BCUT2D eigenvalue weighted by atomic mass is 9.88. The molecule has 1 atom stereocenters. The molecular weight excluding hydrogens is 352 g/mol. The molecular formula is C22H26N4O2. The molecule has 6 heteroatoms. The van der Waals surface area contributed by atoms with E-state index in [9.17, 15) is 5.11 Å². The van der Waals surface area contributed by atoms with E-state index in [1.807, 2.05) is 24.3 Å². The Balaban J connectivity index is 1.24. The molecule has 1 saturated heterocycles. The van der Waals surface area contributed by atoms with Crippen LogP contribution in [0.15, 0.2) is 59.3 Å². The van der Waals surface area contributed by atoms with Crippen LogP contribution in [0.3, 0.4) is 0 Å². The SMILES string of the molecule is O[C@@H](CCc1ccccc1)C1CCN(Cc2nc(-c3ccccn3)no2)CC1. The number of pyridine rings is 1. The highest BCUT2D eigenvalue weighted by atomic mass is 16.5. The minimum atomic E-state index is -0.235. The number of hydrogen-bond donors (Lipinski definition) is 1. The minimum Gasteiger partial charge on any atom is -0.393 e. The van der Waals surface area contributed by atoms with E-state index >= 15 is 0 Å². The second-order valence-electron chi connectivity index (χ2n) is 7.43. The standard InChI is InChI=1S/C22H26N4O2/c27-20(10-9-17-6-2-1-3-7-17)18-11-14-26(15-12-18)16-21-24-22(25-28-21)19-8-4-5-13-23-19/h1-8,13,18,20,27H,9-12,14-16H2/t20-/m0/s1. The number of rotatable bonds is 7. The molecule has 1 aromatic carbocycles. The monoisotopic (exact) mass is 378 g/mol. The van der Waals surface area contributed by atoms with E-state index in [2.05, 4.69) is 44.3 Å². The summed E-state index contributed by atoms with van der Waals surface area (Å²) in [5.74, 6) is 1.51. The molecule has 0 aliphatic carbocycles. The van der Waals surface area contributed by atoms with E-state index < -0.39 is 0 Å². The van der Waals surface area contributed by atoms with Crippen molar-refractivity contribution in [2.75, 3.05) is 13.1 Å². The predicted octanol–water partition coefficient (Wildman–Crippen LogP) is 3.34. The van der Waals surface area contributed by atoms with Crippen LogP contribution in [0.25, 0.3) is 11.5 Å². The van der Waals surface area contributed by atoms with E-state index in [-0.39, 0.29) is 6.10 Å².